The van der Waals surface area contributed by atoms with Crippen molar-refractivity contribution in [2.45, 2.75) is 6.54 Å². The van der Waals surface area contributed by atoms with Crippen LogP contribution in [0.3, 0.4) is 0 Å². The number of amides is 1. The molecule has 0 saturated heterocycles. The lowest BCUT2D eigenvalue weighted by Gasteiger charge is -2.06. The zero-order valence-electron chi connectivity index (χ0n) is 14.1. The monoisotopic (exact) mass is 379 g/mol. The number of carbonyl (C=O) groups is 1. The van der Waals surface area contributed by atoms with E-state index in [9.17, 15) is 14.0 Å². The Bertz CT molecular complexity index is 1180. The van der Waals surface area contributed by atoms with Gasteiger partial charge in [0.15, 0.2) is 4.96 Å². The molecule has 2 heterocycles. The highest BCUT2D eigenvalue weighted by atomic mass is 32.1. The van der Waals surface area contributed by atoms with Gasteiger partial charge in [-0.3, -0.25) is 14.0 Å². The Hall–Kier alpha value is -3.32. The SMILES string of the molecule is O=C(NCc1cccc(F)c1)c1cnc2scc(-c3ccccc3)n2c1=O. The van der Waals surface area contributed by atoms with Crippen LogP contribution in [0.5, 0.6) is 0 Å². The summed E-state index contributed by atoms with van der Waals surface area (Å²) in [6.07, 6.45) is 1.28. The molecule has 5 nitrogen and oxygen atoms in total. The van der Waals surface area contributed by atoms with Gasteiger partial charge >= 0.3 is 0 Å². The molecule has 1 N–H and O–H groups in total. The molecule has 0 unspecified atom stereocenters. The molecule has 0 fully saturated rings. The first kappa shape index (κ1) is 17.1. The number of thiazole rings is 1. The molecule has 0 spiro atoms. The molecule has 0 atom stereocenters. The van der Waals surface area contributed by atoms with Crippen LogP contribution < -0.4 is 10.9 Å². The molecule has 0 saturated carbocycles. The lowest BCUT2D eigenvalue weighted by molar-refractivity contribution is 0.0949. The standard InChI is InChI=1S/C20H14FN3O2S/c21-15-8-4-5-13(9-15)10-22-18(25)16-11-23-20-24(19(16)26)17(12-27-20)14-6-2-1-3-7-14/h1-9,11-12H,10H2,(H,22,25). The second-order valence-electron chi connectivity index (χ2n) is 5.89. The number of benzene rings is 2. The Kier molecular flexibility index (Phi) is 4.52. The molecular formula is C20H14FN3O2S. The van der Waals surface area contributed by atoms with Crippen molar-refractivity contribution in [3.05, 3.63) is 93.5 Å². The molecule has 27 heavy (non-hydrogen) atoms. The van der Waals surface area contributed by atoms with Crippen LogP contribution in [0.1, 0.15) is 15.9 Å². The Morgan fingerprint density at radius 1 is 1.15 bits per heavy atom. The van der Waals surface area contributed by atoms with Crippen LogP contribution in [0.25, 0.3) is 16.2 Å². The predicted molar refractivity (Wildman–Crippen MR) is 102 cm³/mol. The number of fused-ring (bicyclic) bond motifs is 1. The van der Waals surface area contributed by atoms with E-state index in [0.717, 1.165) is 5.56 Å². The average Bonchev–Trinajstić information content (AvgIpc) is 3.12. The van der Waals surface area contributed by atoms with Gasteiger partial charge in [0.1, 0.15) is 11.4 Å². The molecule has 134 valence electrons. The van der Waals surface area contributed by atoms with E-state index in [4.69, 9.17) is 0 Å². The smallest absolute Gasteiger partial charge is 0.271 e. The van der Waals surface area contributed by atoms with Crippen molar-refractivity contribution in [3.8, 4) is 11.3 Å². The molecule has 4 rings (SSSR count). The number of nitrogens with zero attached hydrogens (tertiary/aromatic N) is 2. The van der Waals surface area contributed by atoms with Gasteiger partial charge in [-0.1, -0.05) is 42.5 Å². The summed E-state index contributed by atoms with van der Waals surface area (Å²) < 4.78 is 14.7. The van der Waals surface area contributed by atoms with Gasteiger partial charge < -0.3 is 5.32 Å². The summed E-state index contributed by atoms with van der Waals surface area (Å²) in [7, 11) is 0. The fourth-order valence-corrected chi connectivity index (χ4v) is 3.64. The molecule has 1 amide bonds. The van der Waals surface area contributed by atoms with E-state index in [2.05, 4.69) is 10.3 Å². The largest absolute Gasteiger partial charge is 0.348 e. The topological polar surface area (TPSA) is 63.5 Å². The van der Waals surface area contributed by atoms with E-state index in [1.54, 1.807) is 12.1 Å². The first-order valence-electron chi connectivity index (χ1n) is 8.21. The average molecular weight is 379 g/mol. The summed E-state index contributed by atoms with van der Waals surface area (Å²) in [5, 5.41) is 4.48. The lowest BCUT2D eigenvalue weighted by Crippen LogP contribution is -2.31. The van der Waals surface area contributed by atoms with Crippen molar-refractivity contribution in [1.82, 2.24) is 14.7 Å². The van der Waals surface area contributed by atoms with Gasteiger partial charge in [-0.2, -0.15) is 0 Å². The third kappa shape index (κ3) is 3.37. The van der Waals surface area contributed by atoms with Crippen molar-refractivity contribution in [3.63, 3.8) is 0 Å². The Labute approximate surface area is 157 Å². The Morgan fingerprint density at radius 2 is 1.96 bits per heavy atom. The van der Waals surface area contributed by atoms with Crippen molar-refractivity contribution in [2.75, 3.05) is 0 Å². The van der Waals surface area contributed by atoms with E-state index < -0.39 is 11.5 Å². The molecule has 4 aromatic rings. The number of nitrogens with one attached hydrogen (secondary N) is 1. The third-order valence-corrected chi connectivity index (χ3v) is 4.94. The number of hydrogen-bond acceptors (Lipinski definition) is 4. The van der Waals surface area contributed by atoms with Crippen LogP contribution in [-0.4, -0.2) is 15.3 Å². The first-order valence-corrected chi connectivity index (χ1v) is 9.09. The minimum absolute atomic E-state index is 0.0560. The molecule has 0 radical (unpaired) electrons. The minimum Gasteiger partial charge on any atom is -0.348 e. The number of rotatable bonds is 4. The van der Waals surface area contributed by atoms with Crippen LogP contribution in [-0.2, 0) is 6.54 Å². The van der Waals surface area contributed by atoms with E-state index in [1.807, 2.05) is 35.7 Å². The van der Waals surface area contributed by atoms with E-state index in [0.29, 0.717) is 16.2 Å². The van der Waals surface area contributed by atoms with Crippen LogP contribution >= 0.6 is 11.3 Å². The zero-order chi connectivity index (χ0) is 18.8. The van der Waals surface area contributed by atoms with Crippen molar-refractivity contribution in [2.24, 2.45) is 0 Å². The number of hydrogen-bond donors (Lipinski definition) is 1. The summed E-state index contributed by atoms with van der Waals surface area (Å²) in [4.78, 5) is 30.1. The highest BCUT2D eigenvalue weighted by molar-refractivity contribution is 7.15. The van der Waals surface area contributed by atoms with Crippen LogP contribution in [0.4, 0.5) is 4.39 Å². The minimum atomic E-state index is -0.545. The summed E-state index contributed by atoms with van der Waals surface area (Å²) in [5.41, 5.74) is 1.67. The zero-order valence-corrected chi connectivity index (χ0v) is 14.9. The van der Waals surface area contributed by atoms with E-state index >= 15 is 0 Å². The van der Waals surface area contributed by atoms with Crippen molar-refractivity contribution in [1.29, 1.82) is 0 Å². The first-order chi connectivity index (χ1) is 13.1. The highest BCUT2D eigenvalue weighted by Crippen LogP contribution is 2.23. The second-order valence-corrected chi connectivity index (χ2v) is 6.73. The molecule has 7 heteroatoms. The van der Waals surface area contributed by atoms with Crippen LogP contribution in [0.2, 0.25) is 0 Å². The van der Waals surface area contributed by atoms with Gasteiger partial charge in [0.05, 0.1) is 5.69 Å². The molecule has 0 aliphatic carbocycles. The van der Waals surface area contributed by atoms with Crippen molar-refractivity contribution >= 4 is 22.2 Å². The van der Waals surface area contributed by atoms with Gasteiger partial charge in [0.25, 0.3) is 11.5 Å². The van der Waals surface area contributed by atoms with Crippen LogP contribution in [0.15, 0.2) is 71.0 Å². The van der Waals surface area contributed by atoms with Crippen LogP contribution in [0, 0.1) is 5.82 Å². The summed E-state index contributed by atoms with van der Waals surface area (Å²) in [6.45, 7) is 0.119. The molecule has 0 bridgehead atoms. The highest BCUT2D eigenvalue weighted by Gasteiger charge is 2.16. The number of aromatic nitrogens is 2. The molecule has 0 aliphatic rings. The number of halogens is 1. The maximum absolute atomic E-state index is 13.2. The quantitative estimate of drug-likeness (QED) is 0.590. The Balaban J connectivity index is 1.67. The van der Waals surface area contributed by atoms with Gasteiger partial charge in [-0.25, -0.2) is 9.37 Å². The molecular weight excluding hydrogens is 365 g/mol. The predicted octanol–water partition coefficient (Wildman–Crippen LogP) is 3.49. The van der Waals surface area contributed by atoms with Gasteiger partial charge in [0, 0.05) is 18.1 Å². The molecule has 2 aromatic carbocycles. The van der Waals surface area contributed by atoms with E-state index in [1.165, 1.54) is 34.1 Å². The van der Waals surface area contributed by atoms with Gasteiger partial charge in [-0.05, 0) is 23.3 Å². The summed E-state index contributed by atoms with van der Waals surface area (Å²) in [6, 6.07) is 15.4. The maximum atomic E-state index is 13.2. The van der Waals surface area contributed by atoms with Crippen molar-refractivity contribution < 1.29 is 9.18 Å². The Morgan fingerprint density at radius 3 is 2.74 bits per heavy atom. The number of carbonyl (C=O) groups excluding carboxylic acids is 1. The normalized spacial score (nSPS) is 10.9. The summed E-state index contributed by atoms with van der Waals surface area (Å²) in [5.74, 6) is -0.924. The molecule has 0 aliphatic heterocycles. The second kappa shape index (κ2) is 7.13. The fourth-order valence-electron chi connectivity index (χ4n) is 2.78. The van der Waals surface area contributed by atoms with E-state index in [-0.39, 0.29) is 17.9 Å². The molecule has 2 aromatic heterocycles. The third-order valence-electron chi connectivity index (χ3n) is 4.10. The fraction of sp³-hybridized carbons (Fsp3) is 0.0500. The lowest BCUT2D eigenvalue weighted by atomic mass is 10.2. The van der Waals surface area contributed by atoms with Gasteiger partial charge in [-0.15, -0.1) is 11.3 Å². The van der Waals surface area contributed by atoms with Gasteiger partial charge in [0.2, 0.25) is 0 Å². The summed E-state index contributed by atoms with van der Waals surface area (Å²) >= 11 is 1.33. The maximum Gasteiger partial charge on any atom is 0.271 e.